The number of piperidine rings is 1. The molecule has 1 unspecified atom stereocenters. The van der Waals surface area contributed by atoms with E-state index in [1.165, 1.54) is 49.8 Å². The Hall–Kier alpha value is -3.77. The number of hydrogen-bond donors (Lipinski definition) is 2. The van der Waals surface area contributed by atoms with E-state index in [0.29, 0.717) is 46.1 Å². The van der Waals surface area contributed by atoms with Gasteiger partial charge in [0.15, 0.2) is 10.9 Å². The number of halogens is 3. The van der Waals surface area contributed by atoms with Crippen molar-refractivity contribution < 1.29 is 22.7 Å². The van der Waals surface area contributed by atoms with E-state index < -0.39 is 11.7 Å². The largest absolute Gasteiger partial charge is 0.437 e. The van der Waals surface area contributed by atoms with Gasteiger partial charge in [-0.2, -0.15) is 18.2 Å². The molecule has 2 aromatic heterocycles. The van der Waals surface area contributed by atoms with E-state index in [-0.39, 0.29) is 11.8 Å². The number of anilines is 2. The van der Waals surface area contributed by atoms with Crippen LogP contribution in [-0.2, 0) is 11.0 Å². The predicted molar refractivity (Wildman–Crippen MR) is 157 cm³/mol. The second-order valence-corrected chi connectivity index (χ2v) is 12.0. The molecule has 1 aliphatic heterocycles. The summed E-state index contributed by atoms with van der Waals surface area (Å²) in [6.07, 6.45) is 0.489. The summed E-state index contributed by atoms with van der Waals surface area (Å²) < 4.78 is 46.6. The molecule has 4 aromatic rings. The predicted octanol–water partition coefficient (Wildman–Crippen LogP) is 7.06. The smallest absolute Gasteiger partial charge is 0.416 e. The van der Waals surface area contributed by atoms with E-state index >= 15 is 0 Å². The highest BCUT2D eigenvalue weighted by Crippen LogP contribution is 2.36. The van der Waals surface area contributed by atoms with Crippen LogP contribution >= 0.6 is 11.3 Å². The van der Waals surface area contributed by atoms with Gasteiger partial charge in [-0.3, -0.25) is 4.79 Å². The Morgan fingerprint density at radius 1 is 1.07 bits per heavy atom. The number of thiazole rings is 1. The lowest BCUT2D eigenvalue weighted by atomic mass is 9.98. The number of hydrogen-bond acceptors (Lipinski definition) is 8. The highest BCUT2D eigenvalue weighted by Gasteiger charge is 2.30. The van der Waals surface area contributed by atoms with Crippen LogP contribution in [0.1, 0.15) is 38.2 Å². The lowest BCUT2D eigenvalue weighted by Crippen LogP contribution is -2.39. The van der Waals surface area contributed by atoms with E-state index in [1.807, 2.05) is 12.1 Å². The lowest BCUT2D eigenvalue weighted by molar-refractivity contribution is -0.137. The third-order valence-corrected chi connectivity index (χ3v) is 8.39. The van der Waals surface area contributed by atoms with Crippen LogP contribution in [0.25, 0.3) is 21.5 Å². The minimum atomic E-state index is -4.43. The van der Waals surface area contributed by atoms with Crippen molar-refractivity contribution in [2.45, 2.75) is 38.8 Å². The summed E-state index contributed by atoms with van der Waals surface area (Å²) in [4.78, 5) is 27.8. The summed E-state index contributed by atoms with van der Waals surface area (Å²) in [6.45, 7) is 5.42. The second kappa shape index (κ2) is 11.8. The van der Waals surface area contributed by atoms with Gasteiger partial charge in [-0.1, -0.05) is 29.5 Å². The van der Waals surface area contributed by atoms with E-state index in [9.17, 15) is 18.0 Å². The first-order valence-electron chi connectivity index (χ1n) is 14.1. The Bertz CT molecular complexity index is 1570. The summed E-state index contributed by atoms with van der Waals surface area (Å²) >= 11 is 1.32. The summed E-state index contributed by atoms with van der Waals surface area (Å²) in [7, 11) is 0. The third-order valence-electron chi connectivity index (χ3n) is 7.46. The maximum Gasteiger partial charge on any atom is 0.416 e. The molecule has 2 fully saturated rings. The van der Waals surface area contributed by atoms with Gasteiger partial charge in [0, 0.05) is 38.2 Å². The van der Waals surface area contributed by atoms with Crippen LogP contribution in [0.5, 0.6) is 11.6 Å². The number of alkyl halides is 3. The van der Waals surface area contributed by atoms with Gasteiger partial charge in [-0.25, -0.2) is 9.97 Å². The quantitative estimate of drug-likeness (QED) is 0.214. The number of likely N-dealkylation sites (tertiary alicyclic amines) is 1. The molecule has 42 heavy (non-hydrogen) atoms. The van der Waals surface area contributed by atoms with E-state index in [2.05, 4.69) is 30.5 Å². The lowest BCUT2D eigenvalue weighted by Gasteiger charge is -2.32. The Kier molecular flexibility index (Phi) is 8.00. The van der Waals surface area contributed by atoms with Gasteiger partial charge < -0.3 is 20.3 Å². The molecule has 12 heteroatoms. The maximum absolute atomic E-state index is 13.2. The maximum atomic E-state index is 13.2. The van der Waals surface area contributed by atoms with Crippen LogP contribution in [0, 0.1) is 11.8 Å². The summed E-state index contributed by atoms with van der Waals surface area (Å²) in [5.74, 6) is 2.06. The van der Waals surface area contributed by atoms with Gasteiger partial charge >= 0.3 is 6.18 Å². The van der Waals surface area contributed by atoms with Crippen molar-refractivity contribution in [3.05, 3.63) is 54.1 Å². The molecule has 8 nitrogen and oxygen atoms in total. The summed E-state index contributed by atoms with van der Waals surface area (Å²) in [6, 6.07) is 11.9. The summed E-state index contributed by atoms with van der Waals surface area (Å²) in [5, 5.41) is 6.52. The van der Waals surface area contributed by atoms with Gasteiger partial charge in [-0.05, 0) is 68.3 Å². The molecule has 6 rings (SSSR count). The third kappa shape index (κ3) is 6.99. The van der Waals surface area contributed by atoms with Crippen LogP contribution in [0.15, 0.2) is 48.5 Å². The molecule has 0 bridgehead atoms. The molecular formula is C30H31F3N6O2S. The number of ether oxygens (including phenoxy) is 1. The van der Waals surface area contributed by atoms with Crippen molar-refractivity contribution in [3.63, 3.8) is 0 Å². The van der Waals surface area contributed by atoms with Crippen molar-refractivity contribution in [1.29, 1.82) is 0 Å². The molecule has 0 spiro atoms. The average Bonchev–Trinajstić information content (AvgIpc) is 3.67. The monoisotopic (exact) mass is 596 g/mol. The average molecular weight is 597 g/mol. The first kappa shape index (κ1) is 28.4. The highest BCUT2D eigenvalue weighted by atomic mass is 32.1. The number of para-hydroxylation sites is 1. The molecule has 1 amide bonds. The molecule has 2 aliphatic rings. The molecule has 2 aromatic carbocycles. The second-order valence-electron chi connectivity index (χ2n) is 11.0. The molecule has 1 saturated heterocycles. The number of amides is 1. The van der Waals surface area contributed by atoms with Crippen molar-refractivity contribution in [2.75, 3.05) is 36.8 Å². The van der Waals surface area contributed by atoms with Crippen molar-refractivity contribution in [2.24, 2.45) is 11.8 Å². The number of nitrogens with zero attached hydrogens (tertiary/aromatic N) is 4. The van der Waals surface area contributed by atoms with Crippen LogP contribution in [0.2, 0.25) is 0 Å². The van der Waals surface area contributed by atoms with Gasteiger partial charge in [-0.15, -0.1) is 0 Å². The van der Waals surface area contributed by atoms with E-state index in [0.717, 1.165) is 48.7 Å². The fraction of sp³-hybridized carbons (Fsp3) is 0.400. The van der Waals surface area contributed by atoms with Crippen molar-refractivity contribution in [3.8, 4) is 22.9 Å². The zero-order valence-corrected chi connectivity index (χ0v) is 23.9. The minimum Gasteiger partial charge on any atom is -0.437 e. The molecule has 1 atom stereocenters. The topological polar surface area (TPSA) is 92.3 Å². The highest BCUT2D eigenvalue weighted by molar-refractivity contribution is 7.22. The number of nitrogens with one attached hydrogen (secondary N) is 2. The minimum absolute atomic E-state index is 0.224. The molecule has 2 N–H and O–H groups in total. The first-order valence-corrected chi connectivity index (χ1v) is 14.9. The zero-order valence-electron chi connectivity index (χ0n) is 23.1. The molecule has 1 saturated carbocycles. The number of benzene rings is 2. The van der Waals surface area contributed by atoms with Gasteiger partial charge in [0.05, 0.1) is 16.0 Å². The molecule has 3 heterocycles. The van der Waals surface area contributed by atoms with Crippen LogP contribution in [0.3, 0.4) is 0 Å². The Labute approximate surface area is 245 Å². The molecule has 220 valence electrons. The first-order chi connectivity index (χ1) is 20.2. The van der Waals surface area contributed by atoms with Crippen molar-refractivity contribution >= 4 is 38.5 Å². The number of fused-ring (bicyclic) bond motifs is 1. The van der Waals surface area contributed by atoms with Gasteiger partial charge in [0.25, 0.3) is 0 Å². The van der Waals surface area contributed by atoms with E-state index in [1.54, 1.807) is 12.1 Å². The zero-order chi connectivity index (χ0) is 29.3. The SMILES string of the molecule is CC(=O)Nc1nc2c(Oc3cc(-c4ccc(C(F)(F)F)cc4)nc(NCC4CCCN(CC5CC5)C4)n3)cccc2s1. The summed E-state index contributed by atoms with van der Waals surface area (Å²) in [5.41, 5.74) is 0.771. The normalized spacial score (nSPS) is 17.8. The Morgan fingerprint density at radius 3 is 2.62 bits per heavy atom. The molecule has 0 radical (unpaired) electrons. The van der Waals surface area contributed by atoms with Gasteiger partial charge in [0.2, 0.25) is 17.7 Å². The molecule has 1 aliphatic carbocycles. The van der Waals surface area contributed by atoms with Crippen molar-refractivity contribution in [1.82, 2.24) is 19.9 Å². The number of carbonyl (C=O) groups excluding carboxylic acids is 1. The van der Waals surface area contributed by atoms with Gasteiger partial charge in [0.1, 0.15) is 5.52 Å². The fourth-order valence-corrected chi connectivity index (χ4v) is 6.17. The van der Waals surface area contributed by atoms with E-state index in [4.69, 9.17) is 4.74 Å². The Balaban J connectivity index is 1.27. The van der Waals surface area contributed by atoms with Crippen LogP contribution in [0.4, 0.5) is 24.3 Å². The van der Waals surface area contributed by atoms with Crippen LogP contribution in [-0.4, -0.2) is 51.9 Å². The standard InChI is InChI=1S/C30H31F3N6O2S/c1-18(40)35-29-38-27-24(5-2-6-25(27)42-29)41-26-14-23(21-9-11-22(12-10-21)30(31,32)33)36-28(37-26)34-15-20-4-3-13-39(17-20)16-19-7-8-19/h2,5-6,9-12,14,19-20H,3-4,7-8,13,15-17H2,1H3,(H,34,36,37)(H,35,38,40). The van der Waals surface area contributed by atoms with Crippen LogP contribution < -0.4 is 15.4 Å². The fourth-order valence-electron chi connectivity index (χ4n) is 5.24. The molecular weight excluding hydrogens is 565 g/mol. The Morgan fingerprint density at radius 2 is 1.88 bits per heavy atom. The number of rotatable bonds is 9. The number of carbonyl (C=O) groups is 1. The number of aromatic nitrogens is 3.